The molecule has 2 nitrogen and oxygen atoms in total. The van der Waals surface area contributed by atoms with Crippen molar-refractivity contribution < 1.29 is 5.11 Å². The van der Waals surface area contributed by atoms with E-state index in [1.165, 1.54) is 24.0 Å². The summed E-state index contributed by atoms with van der Waals surface area (Å²) >= 11 is 0. The van der Waals surface area contributed by atoms with Gasteiger partial charge in [0.15, 0.2) is 0 Å². The summed E-state index contributed by atoms with van der Waals surface area (Å²) in [5.74, 6) is 0.880. The van der Waals surface area contributed by atoms with Crippen LogP contribution >= 0.6 is 0 Å². The van der Waals surface area contributed by atoms with Gasteiger partial charge in [-0.25, -0.2) is 0 Å². The van der Waals surface area contributed by atoms with Crippen LogP contribution in [0, 0.1) is 19.8 Å². The zero-order valence-electron chi connectivity index (χ0n) is 11.1. The highest BCUT2D eigenvalue weighted by atomic mass is 16.3. The van der Waals surface area contributed by atoms with Crippen molar-refractivity contribution in [1.82, 2.24) is 4.90 Å². The van der Waals surface area contributed by atoms with E-state index in [0.717, 1.165) is 24.6 Å². The Labute approximate surface area is 104 Å². The summed E-state index contributed by atoms with van der Waals surface area (Å²) < 4.78 is 0. The zero-order valence-corrected chi connectivity index (χ0v) is 11.1. The fourth-order valence-electron chi connectivity index (χ4n) is 2.33. The molecule has 94 valence electrons. The topological polar surface area (TPSA) is 23.5 Å². The quantitative estimate of drug-likeness (QED) is 0.845. The van der Waals surface area contributed by atoms with Crippen molar-refractivity contribution in [1.29, 1.82) is 0 Å². The van der Waals surface area contributed by atoms with Crippen molar-refractivity contribution in [2.75, 3.05) is 20.1 Å². The summed E-state index contributed by atoms with van der Waals surface area (Å²) in [5.41, 5.74) is 3.48. The highest BCUT2D eigenvalue weighted by molar-refractivity contribution is 5.32. The molecule has 1 fully saturated rings. The average molecular weight is 233 g/mol. The molecule has 1 saturated carbocycles. The van der Waals surface area contributed by atoms with Gasteiger partial charge >= 0.3 is 0 Å². The van der Waals surface area contributed by atoms with E-state index in [1.807, 2.05) is 0 Å². The number of likely N-dealkylation sites (N-methyl/N-ethyl adjacent to an activating group) is 1. The lowest BCUT2D eigenvalue weighted by molar-refractivity contribution is 0.124. The second-order valence-corrected chi connectivity index (χ2v) is 5.54. The number of aliphatic hydroxyl groups excluding tert-OH is 1. The minimum Gasteiger partial charge on any atom is -0.387 e. The maximum absolute atomic E-state index is 10.3. The van der Waals surface area contributed by atoms with Crippen LogP contribution in [0.25, 0.3) is 0 Å². The Balaban J connectivity index is 1.97. The fourth-order valence-corrected chi connectivity index (χ4v) is 2.33. The standard InChI is InChI=1S/C15H23NO/c1-11-4-5-12(2)14(8-11)15(17)10-16(3)9-13-6-7-13/h4-5,8,13,15,17H,6-7,9-10H2,1-3H3. The molecule has 0 radical (unpaired) electrons. The molecule has 0 aromatic heterocycles. The Morgan fingerprint density at radius 2 is 2.06 bits per heavy atom. The number of hydrogen-bond donors (Lipinski definition) is 1. The average Bonchev–Trinajstić information content (AvgIpc) is 3.05. The molecule has 0 spiro atoms. The van der Waals surface area contributed by atoms with E-state index in [-0.39, 0.29) is 6.10 Å². The molecule has 2 rings (SSSR count). The van der Waals surface area contributed by atoms with E-state index in [9.17, 15) is 5.11 Å². The Kier molecular flexibility index (Phi) is 3.85. The molecule has 1 atom stereocenters. The van der Waals surface area contributed by atoms with Crippen LogP contribution in [0.3, 0.4) is 0 Å². The van der Waals surface area contributed by atoms with Crippen LogP contribution < -0.4 is 0 Å². The largest absolute Gasteiger partial charge is 0.387 e. The Hall–Kier alpha value is -0.860. The van der Waals surface area contributed by atoms with Gasteiger partial charge in [-0.15, -0.1) is 0 Å². The van der Waals surface area contributed by atoms with Gasteiger partial charge < -0.3 is 10.0 Å². The normalized spacial score (nSPS) is 17.5. The lowest BCUT2D eigenvalue weighted by Crippen LogP contribution is -2.27. The van der Waals surface area contributed by atoms with Crippen LogP contribution in [0.1, 0.15) is 35.6 Å². The van der Waals surface area contributed by atoms with Gasteiger partial charge in [-0.1, -0.05) is 23.8 Å². The maximum atomic E-state index is 10.3. The SMILES string of the molecule is Cc1ccc(C)c(C(O)CN(C)CC2CC2)c1. The Morgan fingerprint density at radius 3 is 2.71 bits per heavy atom. The summed E-state index contributed by atoms with van der Waals surface area (Å²) in [6, 6.07) is 6.29. The van der Waals surface area contributed by atoms with Gasteiger partial charge in [-0.2, -0.15) is 0 Å². The molecule has 1 aliphatic carbocycles. The van der Waals surface area contributed by atoms with Crippen LogP contribution in [0.15, 0.2) is 18.2 Å². The van der Waals surface area contributed by atoms with Crippen molar-refractivity contribution in [3.05, 3.63) is 34.9 Å². The third kappa shape index (κ3) is 3.55. The second-order valence-electron chi connectivity index (χ2n) is 5.54. The smallest absolute Gasteiger partial charge is 0.0919 e. The molecule has 0 saturated heterocycles. The van der Waals surface area contributed by atoms with E-state index in [2.05, 4.69) is 44.0 Å². The molecule has 0 bridgehead atoms. The lowest BCUT2D eigenvalue weighted by atomic mass is 10.0. The summed E-state index contributed by atoms with van der Waals surface area (Å²) in [5, 5.41) is 10.3. The molecule has 0 aliphatic heterocycles. The number of nitrogens with zero attached hydrogens (tertiary/aromatic N) is 1. The lowest BCUT2D eigenvalue weighted by Gasteiger charge is -2.22. The van der Waals surface area contributed by atoms with Gasteiger partial charge in [0.2, 0.25) is 0 Å². The molecule has 0 amide bonds. The van der Waals surface area contributed by atoms with E-state index in [0.29, 0.717) is 0 Å². The monoisotopic (exact) mass is 233 g/mol. The third-order valence-electron chi connectivity index (χ3n) is 3.55. The number of aliphatic hydroxyl groups is 1. The minimum absolute atomic E-state index is 0.362. The van der Waals surface area contributed by atoms with Crippen LogP contribution in [0.5, 0.6) is 0 Å². The minimum atomic E-state index is -0.362. The van der Waals surface area contributed by atoms with Crippen molar-refractivity contribution in [3.63, 3.8) is 0 Å². The Morgan fingerprint density at radius 1 is 1.35 bits per heavy atom. The highest BCUT2D eigenvalue weighted by Crippen LogP contribution is 2.30. The first kappa shape index (κ1) is 12.6. The Bertz CT molecular complexity index is 385. The summed E-state index contributed by atoms with van der Waals surface area (Å²) in [4.78, 5) is 2.25. The molecule has 1 N–H and O–H groups in total. The van der Waals surface area contributed by atoms with Crippen LogP contribution in [0.2, 0.25) is 0 Å². The van der Waals surface area contributed by atoms with Crippen LogP contribution in [0.4, 0.5) is 0 Å². The van der Waals surface area contributed by atoms with E-state index in [4.69, 9.17) is 0 Å². The summed E-state index contributed by atoms with van der Waals surface area (Å²) in [6.07, 6.45) is 2.37. The summed E-state index contributed by atoms with van der Waals surface area (Å²) in [7, 11) is 2.10. The molecule has 2 heteroatoms. The zero-order chi connectivity index (χ0) is 12.4. The number of aryl methyl sites for hydroxylation is 2. The first-order valence-corrected chi connectivity index (χ1v) is 6.50. The van der Waals surface area contributed by atoms with Gasteiger partial charge in [0.1, 0.15) is 0 Å². The van der Waals surface area contributed by atoms with Crippen LogP contribution in [-0.4, -0.2) is 30.1 Å². The number of rotatable bonds is 5. The predicted molar refractivity (Wildman–Crippen MR) is 71.1 cm³/mol. The molecule has 1 aromatic carbocycles. The molecule has 1 aromatic rings. The summed E-state index contributed by atoms with van der Waals surface area (Å²) in [6.45, 7) is 6.01. The number of benzene rings is 1. The van der Waals surface area contributed by atoms with Crippen LogP contribution in [-0.2, 0) is 0 Å². The van der Waals surface area contributed by atoms with Crippen molar-refractivity contribution in [2.24, 2.45) is 5.92 Å². The molecule has 1 aliphatic rings. The van der Waals surface area contributed by atoms with E-state index < -0.39 is 0 Å². The third-order valence-corrected chi connectivity index (χ3v) is 3.55. The van der Waals surface area contributed by atoms with Gasteiger partial charge in [-0.3, -0.25) is 0 Å². The predicted octanol–water partition coefficient (Wildman–Crippen LogP) is 2.68. The van der Waals surface area contributed by atoms with Gasteiger partial charge in [0, 0.05) is 13.1 Å². The first-order chi connectivity index (χ1) is 8.06. The van der Waals surface area contributed by atoms with Crippen molar-refractivity contribution in [2.45, 2.75) is 32.8 Å². The highest BCUT2D eigenvalue weighted by Gasteiger charge is 2.24. The molecule has 1 unspecified atom stereocenters. The first-order valence-electron chi connectivity index (χ1n) is 6.50. The molecule has 17 heavy (non-hydrogen) atoms. The van der Waals surface area contributed by atoms with Gasteiger partial charge in [0.25, 0.3) is 0 Å². The van der Waals surface area contributed by atoms with E-state index >= 15 is 0 Å². The molecule has 0 heterocycles. The van der Waals surface area contributed by atoms with Gasteiger partial charge in [0.05, 0.1) is 6.10 Å². The van der Waals surface area contributed by atoms with Crippen molar-refractivity contribution >= 4 is 0 Å². The maximum Gasteiger partial charge on any atom is 0.0919 e. The number of hydrogen-bond acceptors (Lipinski definition) is 2. The van der Waals surface area contributed by atoms with Gasteiger partial charge in [-0.05, 0) is 50.8 Å². The second kappa shape index (κ2) is 5.19. The molecular weight excluding hydrogens is 210 g/mol. The van der Waals surface area contributed by atoms with E-state index in [1.54, 1.807) is 0 Å². The fraction of sp³-hybridized carbons (Fsp3) is 0.600. The van der Waals surface area contributed by atoms with Crippen molar-refractivity contribution in [3.8, 4) is 0 Å². The molecular formula is C15H23NO.